The summed E-state index contributed by atoms with van der Waals surface area (Å²) in [6.45, 7) is 3.31. The molecule has 2 heteroatoms. The average molecular weight is 154 g/mol. The van der Waals surface area contributed by atoms with Crippen molar-refractivity contribution in [2.75, 3.05) is 0 Å². The molecule has 0 spiro atoms. The van der Waals surface area contributed by atoms with Gasteiger partial charge in [0, 0.05) is 13.0 Å². The van der Waals surface area contributed by atoms with Gasteiger partial charge in [0.25, 0.3) is 0 Å². The van der Waals surface area contributed by atoms with Gasteiger partial charge in [-0.2, -0.15) is 0 Å². The SMILES string of the molecule is [CH2]C(=O)NC1CCCCCC1. The summed E-state index contributed by atoms with van der Waals surface area (Å²) in [6.07, 6.45) is 7.44. The molecular formula is C9H16NO. The zero-order chi connectivity index (χ0) is 8.10. The Kier molecular flexibility index (Phi) is 3.40. The van der Waals surface area contributed by atoms with Crippen molar-refractivity contribution in [3.05, 3.63) is 6.92 Å². The Hall–Kier alpha value is -0.530. The molecule has 0 bridgehead atoms. The van der Waals surface area contributed by atoms with Crippen molar-refractivity contribution in [3.63, 3.8) is 0 Å². The summed E-state index contributed by atoms with van der Waals surface area (Å²) in [5.74, 6) is -0.128. The van der Waals surface area contributed by atoms with Crippen molar-refractivity contribution in [2.24, 2.45) is 0 Å². The van der Waals surface area contributed by atoms with Crippen LogP contribution < -0.4 is 5.32 Å². The lowest BCUT2D eigenvalue weighted by Crippen LogP contribution is -2.32. The molecule has 1 aliphatic rings. The molecule has 1 radical (unpaired) electrons. The maximum absolute atomic E-state index is 10.6. The van der Waals surface area contributed by atoms with Crippen LogP contribution >= 0.6 is 0 Å². The molecule has 1 aliphatic carbocycles. The van der Waals surface area contributed by atoms with Crippen LogP contribution in [0, 0.1) is 6.92 Å². The van der Waals surface area contributed by atoms with Crippen LogP contribution in [-0.4, -0.2) is 11.9 Å². The van der Waals surface area contributed by atoms with Crippen molar-refractivity contribution in [1.29, 1.82) is 0 Å². The topological polar surface area (TPSA) is 29.1 Å². The van der Waals surface area contributed by atoms with Crippen LogP contribution in [0.15, 0.2) is 0 Å². The Labute approximate surface area is 68.4 Å². The molecule has 0 atom stereocenters. The zero-order valence-electron chi connectivity index (χ0n) is 6.94. The van der Waals surface area contributed by atoms with E-state index >= 15 is 0 Å². The first kappa shape index (κ1) is 8.57. The molecule has 0 unspecified atom stereocenters. The molecule has 1 fully saturated rings. The van der Waals surface area contributed by atoms with Gasteiger partial charge in [0.1, 0.15) is 0 Å². The number of hydrogen-bond acceptors (Lipinski definition) is 1. The Bertz CT molecular complexity index is 126. The molecule has 11 heavy (non-hydrogen) atoms. The lowest BCUT2D eigenvalue weighted by atomic mass is 10.1. The fourth-order valence-corrected chi connectivity index (χ4v) is 1.65. The molecule has 0 aromatic rings. The zero-order valence-corrected chi connectivity index (χ0v) is 6.94. The van der Waals surface area contributed by atoms with E-state index in [2.05, 4.69) is 12.2 Å². The van der Waals surface area contributed by atoms with Crippen molar-refractivity contribution >= 4 is 5.91 Å². The molecule has 0 saturated heterocycles. The molecule has 1 N–H and O–H groups in total. The number of nitrogens with one attached hydrogen (secondary N) is 1. The Morgan fingerprint density at radius 3 is 2.18 bits per heavy atom. The minimum Gasteiger partial charge on any atom is -0.353 e. The van der Waals surface area contributed by atoms with E-state index in [-0.39, 0.29) is 5.91 Å². The molecule has 1 amide bonds. The predicted molar refractivity (Wildman–Crippen MR) is 45.0 cm³/mol. The fourth-order valence-electron chi connectivity index (χ4n) is 1.65. The number of amides is 1. The molecule has 1 rings (SSSR count). The minimum absolute atomic E-state index is 0.128. The van der Waals surface area contributed by atoms with Gasteiger partial charge in [0.05, 0.1) is 0 Å². The Balaban J connectivity index is 2.25. The van der Waals surface area contributed by atoms with Crippen molar-refractivity contribution < 1.29 is 4.79 Å². The highest BCUT2D eigenvalue weighted by Gasteiger charge is 2.11. The van der Waals surface area contributed by atoms with E-state index < -0.39 is 0 Å². The van der Waals surface area contributed by atoms with Gasteiger partial charge in [-0.1, -0.05) is 25.7 Å². The highest BCUT2D eigenvalue weighted by molar-refractivity contribution is 5.80. The lowest BCUT2D eigenvalue weighted by molar-refractivity contribution is -0.117. The summed E-state index contributed by atoms with van der Waals surface area (Å²) in [4.78, 5) is 10.6. The second kappa shape index (κ2) is 4.37. The summed E-state index contributed by atoms with van der Waals surface area (Å²) in [6, 6.07) is 0.405. The lowest BCUT2D eigenvalue weighted by Gasteiger charge is -2.13. The maximum Gasteiger partial charge on any atom is 0.220 e. The fraction of sp³-hybridized carbons (Fsp3) is 0.778. The summed E-state index contributed by atoms with van der Waals surface area (Å²) in [5, 5.41) is 2.87. The van der Waals surface area contributed by atoms with Gasteiger partial charge < -0.3 is 5.32 Å². The predicted octanol–water partition coefficient (Wildman–Crippen LogP) is 1.66. The summed E-state index contributed by atoms with van der Waals surface area (Å²) < 4.78 is 0. The van der Waals surface area contributed by atoms with Crippen LogP contribution in [-0.2, 0) is 4.79 Å². The maximum atomic E-state index is 10.6. The van der Waals surface area contributed by atoms with Gasteiger partial charge in [-0.05, 0) is 12.8 Å². The van der Waals surface area contributed by atoms with E-state index in [1.807, 2.05) is 0 Å². The smallest absolute Gasteiger partial charge is 0.220 e. The van der Waals surface area contributed by atoms with E-state index in [0.717, 1.165) is 12.8 Å². The third-order valence-electron chi connectivity index (χ3n) is 2.22. The molecule has 0 aromatic heterocycles. The average Bonchev–Trinajstić information content (AvgIpc) is 2.14. The molecule has 0 aromatic carbocycles. The summed E-state index contributed by atoms with van der Waals surface area (Å²) in [5.41, 5.74) is 0. The van der Waals surface area contributed by atoms with Crippen LogP contribution in [0.1, 0.15) is 38.5 Å². The van der Waals surface area contributed by atoms with E-state index in [0.29, 0.717) is 6.04 Å². The number of hydrogen-bond donors (Lipinski definition) is 1. The first-order valence-corrected chi connectivity index (χ1v) is 4.41. The molecule has 63 valence electrons. The minimum atomic E-state index is -0.128. The van der Waals surface area contributed by atoms with Gasteiger partial charge in [0.2, 0.25) is 5.91 Å². The van der Waals surface area contributed by atoms with Crippen LogP contribution in [0.25, 0.3) is 0 Å². The molecular weight excluding hydrogens is 138 g/mol. The van der Waals surface area contributed by atoms with Crippen LogP contribution in [0.5, 0.6) is 0 Å². The molecule has 0 aliphatic heterocycles. The van der Waals surface area contributed by atoms with Crippen molar-refractivity contribution in [1.82, 2.24) is 5.32 Å². The van der Waals surface area contributed by atoms with E-state index in [9.17, 15) is 4.79 Å². The van der Waals surface area contributed by atoms with Crippen LogP contribution in [0.3, 0.4) is 0 Å². The van der Waals surface area contributed by atoms with Crippen molar-refractivity contribution in [3.8, 4) is 0 Å². The second-order valence-electron chi connectivity index (χ2n) is 3.26. The standard InChI is InChI=1S/C9H16NO/c1-8(11)10-9-6-4-2-3-5-7-9/h9H,1-7H2,(H,10,11). The van der Waals surface area contributed by atoms with Gasteiger partial charge >= 0.3 is 0 Å². The normalized spacial score (nSPS) is 20.8. The largest absolute Gasteiger partial charge is 0.353 e. The van der Waals surface area contributed by atoms with Gasteiger partial charge in [-0.25, -0.2) is 0 Å². The monoisotopic (exact) mass is 154 g/mol. The van der Waals surface area contributed by atoms with Gasteiger partial charge in [-0.15, -0.1) is 0 Å². The molecule has 2 nitrogen and oxygen atoms in total. The highest BCUT2D eigenvalue weighted by Crippen LogP contribution is 2.16. The van der Waals surface area contributed by atoms with Crippen LogP contribution in [0.2, 0.25) is 0 Å². The van der Waals surface area contributed by atoms with Crippen LogP contribution in [0.4, 0.5) is 0 Å². The number of carbonyl (C=O) groups is 1. The number of rotatable bonds is 1. The molecule has 0 heterocycles. The third-order valence-corrected chi connectivity index (χ3v) is 2.22. The van der Waals surface area contributed by atoms with E-state index in [1.54, 1.807) is 0 Å². The first-order valence-electron chi connectivity index (χ1n) is 4.41. The van der Waals surface area contributed by atoms with E-state index in [4.69, 9.17) is 0 Å². The second-order valence-corrected chi connectivity index (χ2v) is 3.26. The first-order chi connectivity index (χ1) is 5.29. The van der Waals surface area contributed by atoms with Gasteiger partial charge in [-0.3, -0.25) is 4.79 Å². The summed E-state index contributed by atoms with van der Waals surface area (Å²) in [7, 11) is 0. The van der Waals surface area contributed by atoms with Gasteiger partial charge in [0.15, 0.2) is 0 Å². The molecule has 1 saturated carbocycles. The van der Waals surface area contributed by atoms with Crippen molar-refractivity contribution in [2.45, 2.75) is 44.6 Å². The number of carbonyl (C=O) groups excluding carboxylic acids is 1. The quantitative estimate of drug-likeness (QED) is 0.572. The Morgan fingerprint density at radius 2 is 1.73 bits per heavy atom. The Morgan fingerprint density at radius 1 is 1.18 bits per heavy atom. The third kappa shape index (κ3) is 3.40. The highest BCUT2D eigenvalue weighted by atomic mass is 16.1. The summed E-state index contributed by atoms with van der Waals surface area (Å²) >= 11 is 0. The van der Waals surface area contributed by atoms with E-state index in [1.165, 1.54) is 25.7 Å².